The summed E-state index contributed by atoms with van der Waals surface area (Å²) in [6, 6.07) is 7.68. The van der Waals surface area contributed by atoms with Gasteiger partial charge in [0, 0.05) is 12.5 Å². The molecule has 0 aliphatic carbocycles. The molecule has 0 atom stereocenters. The van der Waals surface area contributed by atoms with Crippen molar-refractivity contribution in [3.05, 3.63) is 40.4 Å². The van der Waals surface area contributed by atoms with Gasteiger partial charge in [0.25, 0.3) is 5.19 Å². The minimum Gasteiger partial charge on any atom is -0.431 e. The van der Waals surface area contributed by atoms with Crippen molar-refractivity contribution in [1.29, 1.82) is 0 Å². The van der Waals surface area contributed by atoms with E-state index in [1.54, 1.807) is 12.5 Å². The summed E-state index contributed by atoms with van der Waals surface area (Å²) in [7, 11) is 1.66. The molecule has 0 saturated heterocycles. The van der Waals surface area contributed by atoms with E-state index in [9.17, 15) is 0 Å². The molecule has 2 rings (SSSR count). The molecule has 0 bridgehead atoms. The van der Waals surface area contributed by atoms with Crippen molar-refractivity contribution in [3.8, 4) is 10.9 Å². The molecule has 0 N–H and O–H groups in total. The first-order valence-corrected chi connectivity index (χ1v) is 5.90. The number of thiazole rings is 1. The molecule has 0 fully saturated rings. The minimum atomic E-state index is 0.452. The Labute approximate surface area is 103 Å². The highest BCUT2D eigenvalue weighted by Crippen LogP contribution is 2.27. The fourth-order valence-electron chi connectivity index (χ4n) is 1.25. The molecule has 16 heavy (non-hydrogen) atoms. The van der Waals surface area contributed by atoms with Crippen molar-refractivity contribution >= 4 is 22.9 Å². The van der Waals surface area contributed by atoms with Gasteiger partial charge in [-0.3, -0.25) is 0 Å². The second-order valence-corrected chi connectivity index (χ2v) is 4.33. The predicted molar refractivity (Wildman–Crippen MR) is 64.4 cm³/mol. The first-order valence-electron chi connectivity index (χ1n) is 4.64. The number of ether oxygens (including phenoxy) is 2. The number of aromatic nitrogens is 1. The summed E-state index contributed by atoms with van der Waals surface area (Å²) in [5, 5.41) is 2.73. The number of hydrogen-bond acceptors (Lipinski definition) is 4. The van der Waals surface area contributed by atoms with Crippen LogP contribution in [-0.2, 0) is 11.3 Å². The molecule has 5 heteroatoms. The van der Waals surface area contributed by atoms with Crippen LogP contribution in [0.3, 0.4) is 0 Å². The summed E-state index contributed by atoms with van der Waals surface area (Å²) in [6.45, 7) is 0.565. The summed E-state index contributed by atoms with van der Waals surface area (Å²) in [5.74, 6) is 0.737. The van der Waals surface area contributed by atoms with Crippen molar-refractivity contribution < 1.29 is 9.47 Å². The van der Waals surface area contributed by atoms with Gasteiger partial charge in [0.1, 0.15) is 10.9 Å². The zero-order chi connectivity index (χ0) is 11.4. The van der Waals surface area contributed by atoms with Crippen LogP contribution in [-0.4, -0.2) is 12.1 Å². The van der Waals surface area contributed by atoms with Crippen LogP contribution in [0.5, 0.6) is 10.9 Å². The average Bonchev–Trinajstić information content (AvgIpc) is 2.65. The number of methoxy groups -OCH3 is 1. The monoisotopic (exact) mass is 255 g/mol. The van der Waals surface area contributed by atoms with E-state index < -0.39 is 0 Å². The van der Waals surface area contributed by atoms with Crippen LogP contribution in [0.15, 0.2) is 29.6 Å². The van der Waals surface area contributed by atoms with Crippen molar-refractivity contribution in [2.75, 3.05) is 7.11 Å². The highest BCUT2D eigenvalue weighted by atomic mass is 35.5. The fraction of sp³-hybridized carbons (Fsp3) is 0.182. The summed E-state index contributed by atoms with van der Waals surface area (Å²) < 4.78 is 10.6. The van der Waals surface area contributed by atoms with Gasteiger partial charge in [0.05, 0.1) is 6.61 Å². The summed E-state index contributed by atoms with van der Waals surface area (Å²) in [5.41, 5.74) is 1.06. The van der Waals surface area contributed by atoms with Crippen LogP contribution in [0.25, 0.3) is 0 Å². The molecule has 0 radical (unpaired) electrons. The van der Waals surface area contributed by atoms with Gasteiger partial charge in [-0.1, -0.05) is 35.1 Å². The van der Waals surface area contributed by atoms with E-state index >= 15 is 0 Å². The SMILES string of the molecule is COCc1cccc(Oc2nc(Cl)cs2)c1. The maximum absolute atomic E-state index is 5.71. The van der Waals surface area contributed by atoms with Crippen LogP contribution in [0.2, 0.25) is 5.15 Å². The lowest BCUT2D eigenvalue weighted by atomic mass is 10.2. The first kappa shape index (κ1) is 11.4. The molecule has 1 aromatic carbocycles. The van der Waals surface area contributed by atoms with E-state index in [1.807, 2.05) is 24.3 Å². The number of benzene rings is 1. The normalized spacial score (nSPS) is 10.4. The van der Waals surface area contributed by atoms with Crippen LogP contribution in [0, 0.1) is 0 Å². The van der Waals surface area contributed by atoms with Crippen LogP contribution in [0.1, 0.15) is 5.56 Å². The quantitative estimate of drug-likeness (QED) is 0.834. The Morgan fingerprint density at radius 2 is 2.31 bits per heavy atom. The number of nitrogens with zero attached hydrogens (tertiary/aromatic N) is 1. The van der Waals surface area contributed by atoms with Crippen molar-refractivity contribution in [3.63, 3.8) is 0 Å². The maximum atomic E-state index is 5.71. The lowest BCUT2D eigenvalue weighted by Crippen LogP contribution is -1.89. The molecule has 1 heterocycles. The van der Waals surface area contributed by atoms with Crippen molar-refractivity contribution in [1.82, 2.24) is 4.98 Å². The zero-order valence-corrected chi connectivity index (χ0v) is 10.2. The number of hydrogen-bond donors (Lipinski definition) is 0. The lowest BCUT2D eigenvalue weighted by molar-refractivity contribution is 0.184. The zero-order valence-electron chi connectivity index (χ0n) is 8.64. The molecular formula is C11H10ClNO2S. The Kier molecular flexibility index (Phi) is 3.77. The maximum Gasteiger partial charge on any atom is 0.280 e. The predicted octanol–water partition coefficient (Wildman–Crippen LogP) is 3.74. The topological polar surface area (TPSA) is 31.4 Å². The third kappa shape index (κ3) is 2.95. The molecule has 0 unspecified atom stereocenters. The molecule has 0 spiro atoms. The molecule has 1 aromatic heterocycles. The number of rotatable bonds is 4. The van der Waals surface area contributed by atoms with Gasteiger partial charge in [-0.05, 0) is 17.7 Å². The van der Waals surface area contributed by atoms with E-state index in [2.05, 4.69) is 4.98 Å². The molecule has 0 saturated carbocycles. The minimum absolute atomic E-state index is 0.452. The van der Waals surface area contributed by atoms with Crippen molar-refractivity contribution in [2.45, 2.75) is 6.61 Å². The molecule has 0 aliphatic heterocycles. The second kappa shape index (κ2) is 5.30. The summed E-state index contributed by atoms with van der Waals surface area (Å²) in [4.78, 5) is 4.01. The second-order valence-electron chi connectivity index (χ2n) is 3.12. The Morgan fingerprint density at radius 1 is 1.44 bits per heavy atom. The van der Waals surface area contributed by atoms with Crippen LogP contribution in [0.4, 0.5) is 0 Å². The molecule has 2 aromatic rings. The van der Waals surface area contributed by atoms with Crippen molar-refractivity contribution in [2.24, 2.45) is 0 Å². The van der Waals surface area contributed by atoms with Gasteiger partial charge in [-0.15, -0.1) is 0 Å². The lowest BCUT2D eigenvalue weighted by Gasteiger charge is -2.04. The molecular weight excluding hydrogens is 246 g/mol. The largest absolute Gasteiger partial charge is 0.431 e. The van der Waals surface area contributed by atoms with E-state index in [4.69, 9.17) is 21.1 Å². The third-order valence-corrected chi connectivity index (χ3v) is 2.91. The van der Waals surface area contributed by atoms with Gasteiger partial charge >= 0.3 is 0 Å². The fourth-order valence-corrected chi connectivity index (χ4v) is 2.06. The number of halogens is 1. The third-order valence-electron chi connectivity index (χ3n) is 1.87. The van der Waals surface area contributed by atoms with Gasteiger partial charge in [-0.2, -0.15) is 4.98 Å². The molecule has 0 amide bonds. The Morgan fingerprint density at radius 3 is 3.00 bits per heavy atom. The van der Waals surface area contributed by atoms with Gasteiger partial charge in [-0.25, -0.2) is 0 Å². The van der Waals surface area contributed by atoms with E-state index in [-0.39, 0.29) is 0 Å². The van der Waals surface area contributed by atoms with Gasteiger partial charge in [0.2, 0.25) is 0 Å². The standard InChI is InChI=1S/C11H10ClNO2S/c1-14-6-8-3-2-4-9(5-8)15-11-13-10(12)7-16-11/h2-5,7H,6H2,1H3. The summed E-state index contributed by atoms with van der Waals surface area (Å²) >= 11 is 7.07. The molecule has 0 aliphatic rings. The van der Waals surface area contributed by atoms with E-state index in [0.29, 0.717) is 17.0 Å². The Balaban J connectivity index is 2.12. The molecule has 3 nitrogen and oxygen atoms in total. The Bertz CT molecular complexity index is 473. The van der Waals surface area contributed by atoms with Gasteiger partial charge < -0.3 is 9.47 Å². The first-order chi connectivity index (χ1) is 7.78. The molecule has 84 valence electrons. The highest BCUT2D eigenvalue weighted by molar-refractivity contribution is 7.11. The van der Waals surface area contributed by atoms with E-state index in [0.717, 1.165) is 11.3 Å². The highest BCUT2D eigenvalue weighted by Gasteiger charge is 2.03. The summed E-state index contributed by atoms with van der Waals surface area (Å²) in [6.07, 6.45) is 0. The van der Waals surface area contributed by atoms with Crippen LogP contribution >= 0.6 is 22.9 Å². The van der Waals surface area contributed by atoms with E-state index in [1.165, 1.54) is 11.3 Å². The van der Waals surface area contributed by atoms with Gasteiger partial charge in [0.15, 0.2) is 0 Å². The smallest absolute Gasteiger partial charge is 0.280 e. The Hall–Kier alpha value is -1.10. The van der Waals surface area contributed by atoms with Crippen LogP contribution < -0.4 is 4.74 Å². The average molecular weight is 256 g/mol.